The smallest absolute Gasteiger partial charge is 0.322 e. The minimum absolute atomic E-state index is 0.118. The van der Waals surface area contributed by atoms with E-state index >= 15 is 0 Å². The molecule has 0 rings (SSSR count). The third kappa shape index (κ3) is 6.79. The minimum atomic E-state index is -0.426. The first-order valence-electron chi connectivity index (χ1n) is 3.40. The van der Waals surface area contributed by atoms with Crippen molar-refractivity contribution in [3.63, 3.8) is 0 Å². The predicted octanol–water partition coefficient (Wildman–Crippen LogP) is -0.702. The number of amides is 2. The van der Waals surface area contributed by atoms with Gasteiger partial charge < -0.3 is 20.8 Å². The van der Waals surface area contributed by atoms with Crippen LogP contribution in [0.15, 0.2) is 24.6 Å². The number of nitrogens with one attached hydrogen (secondary N) is 2. The Hall–Kier alpha value is -1.33. The maximum atomic E-state index is 10.7. The van der Waals surface area contributed by atoms with Gasteiger partial charge in [-0.2, -0.15) is 0 Å². The summed E-state index contributed by atoms with van der Waals surface area (Å²) < 4.78 is 0. The highest BCUT2D eigenvalue weighted by Gasteiger charge is 1.89. The minimum Gasteiger partial charge on any atom is -0.392 e. The van der Waals surface area contributed by atoms with Gasteiger partial charge in [0.1, 0.15) is 0 Å². The molecule has 0 saturated carbocycles. The Balaban J connectivity index is 3.46. The topological polar surface area (TPSA) is 81.6 Å². The zero-order valence-electron chi connectivity index (χ0n) is 6.53. The van der Waals surface area contributed by atoms with Gasteiger partial charge in [0.05, 0.1) is 13.2 Å². The second-order valence-electron chi connectivity index (χ2n) is 1.79. The fourth-order valence-corrected chi connectivity index (χ4v) is 0.416. The third-order valence-electron chi connectivity index (χ3n) is 0.875. The van der Waals surface area contributed by atoms with E-state index in [9.17, 15) is 4.79 Å². The first-order chi connectivity index (χ1) is 5.81. The summed E-state index contributed by atoms with van der Waals surface area (Å²) in [5.41, 5.74) is 0. The standard InChI is InChI=1S/C7H12N2O3/c10-5-1-3-8-7(12)9-4-2-6-11/h1-4,10-11H,5-6H2,(H2,8,9,12)/b3-1+,4-2+. The molecule has 0 saturated heterocycles. The van der Waals surface area contributed by atoms with E-state index in [1.807, 2.05) is 0 Å². The van der Waals surface area contributed by atoms with Gasteiger partial charge in [-0.1, -0.05) is 0 Å². The van der Waals surface area contributed by atoms with Crippen LogP contribution in [0, 0.1) is 0 Å². The molecule has 0 aromatic rings. The van der Waals surface area contributed by atoms with E-state index < -0.39 is 6.03 Å². The van der Waals surface area contributed by atoms with Crippen LogP contribution >= 0.6 is 0 Å². The summed E-state index contributed by atoms with van der Waals surface area (Å²) in [6.45, 7) is -0.237. The van der Waals surface area contributed by atoms with Crippen molar-refractivity contribution >= 4 is 6.03 Å². The molecule has 0 aromatic carbocycles. The van der Waals surface area contributed by atoms with Gasteiger partial charge >= 0.3 is 6.03 Å². The molecule has 12 heavy (non-hydrogen) atoms. The summed E-state index contributed by atoms with van der Waals surface area (Å²) in [6, 6.07) is -0.426. The summed E-state index contributed by atoms with van der Waals surface area (Å²) >= 11 is 0. The Morgan fingerprint density at radius 3 is 1.83 bits per heavy atom. The maximum Gasteiger partial charge on any atom is 0.322 e. The van der Waals surface area contributed by atoms with Crippen molar-refractivity contribution in [2.24, 2.45) is 0 Å². The van der Waals surface area contributed by atoms with Crippen LogP contribution in [-0.4, -0.2) is 29.5 Å². The molecule has 0 aromatic heterocycles. The van der Waals surface area contributed by atoms with E-state index in [0.29, 0.717) is 0 Å². The van der Waals surface area contributed by atoms with Crippen LogP contribution in [0.1, 0.15) is 0 Å². The summed E-state index contributed by atoms with van der Waals surface area (Å²) in [5, 5.41) is 21.2. The molecule has 0 aliphatic rings. The summed E-state index contributed by atoms with van der Waals surface area (Å²) in [7, 11) is 0. The summed E-state index contributed by atoms with van der Waals surface area (Å²) in [4.78, 5) is 10.7. The van der Waals surface area contributed by atoms with Crippen molar-refractivity contribution < 1.29 is 15.0 Å². The van der Waals surface area contributed by atoms with Gasteiger partial charge in [0.25, 0.3) is 0 Å². The molecule has 0 spiro atoms. The molecule has 0 fully saturated rings. The normalized spacial score (nSPS) is 10.8. The first kappa shape index (κ1) is 10.7. The van der Waals surface area contributed by atoms with Crippen LogP contribution in [0.3, 0.4) is 0 Å². The lowest BCUT2D eigenvalue weighted by Gasteiger charge is -1.96. The van der Waals surface area contributed by atoms with Crippen molar-refractivity contribution in [2.75, 3.05) is 13.2 Å². The zero-order valence-corrected chi connectivity index (χ0v) is 6.53. The van der Waals surface area contributed by atoms with E-state index in [1.165, 1.54) is 24.6 Å². The molecule has 0 aliphatic heterocycles. The predicted molar refractivity (Wildman–Crippen MR) is 44.1 cm³/mol. The monoisotopic (exact) mass is 172 g/mol. The van der Waals surface area contributed by atoms with Crippen LogP contribution in [-0.2, 0) is 0 Å². The number of hydrogen-bond donors (Lipinski definition) is 4. The molecule has 2 amide bonds. The van der Waals surface area contributed by atoms with Gasteiger partial charge in [0.15, 0.2) is 0 Å². The molecule has 0 radical (unpaired) electrons. The Labute approximate surface area is 70.4 Å². The highest BCUT2D eigenvalue weighted by Crippen LogP contribution is 1.69. The van der Waals surface area contributed by atoms with E-state index in [-0.39, 0.29) is 13.2 Å². The molecule has 0 unspecified atom stereocenters. The second kappa shape index (κ2) is 7.77. The highest BCUT2D eigenvalue weighted by atomic mass is 16.3. The fraction of sp³-hybridized carbons (Fsp3) is 0.286. The molecular weight excluding hydrogens is 160 g/mol. The molecule has 5 nitrogen and oxygen atoms in total. The number of hydrogen-bond acceptors (Lipinski definition) is 3. The van der Waals surface area contributed by atoms with E-state index in [4.69, 9.17) is 10.2 Å². The molecule has 0 heterocycles. The Morgan fingerprint density at radius 1 is 1.08 bits per heavy atom. The summed E-state index contributed by atoms with van der Waals surface area (Å²) in [6.07, 6.45) is 5.41. The molecule has 68 valence electrons. The van der Waals surface area contributed by atoms with Crippen molar-refractivity contribution in [3.8, 4) is 0 Å². The van der Waals surface area contributed by atoms with Gasteiger partial charge in [0.2, 0.25) is 0 Å². The number of rotatable bonds is 4. The Morgan fingerprint density at radius 2 is 1.50 bits per heavy atom. The molecule has 0 aliphatic carbocycles. The molecule has 0 bridgehead atoms. The van der Waals surface area contributed by atoms with Gasteiger partial charge in [-0.15, -0.1) is 0 Å². The number of carbonyl (C=O) groups excluding carboxylic acids is 1. The second-order valence-corrected chi connectivity index (χ2v) is 1.79. The van der Waals surface area contributed by atoms with Crippen LogP contribution in [0.25, 0.3) is 0 Å². The lowest BCUT2D eigenvalue weighted by molar-refractivity contribution is 0.247. The Bertz CT molecular complexity index is 159. The molecule has 4 N–H and O–H groups in total. The van der Waals surface area contributed by atoms with E-state index in [1.54, 1.807) is 0 Å². The maximum absolute atomic E-state index is 10.7. The molecule has 5 heteroatoms. The largest absolute Gasteiger partial charge is 0.392 e. The van der Waals surface area contributed by atoms with Gasteiger partial charge in [0, 0.05) is 12.4 Å². The van der Waals surface area contributed by atoms with Gasteiger partial charge in [-0.05, 0) is 12.2 Å². The Kier molecular flexibility index (Phi) is 6.91. The van der Waals surface area contributed by atoms with Crippen LogP contribution < -0.4 is 10.6 Å². The average molecular weight is 172 g/mol. The van der Waals surface area contributed by atoms with E-state index in [0.717, 1.165) is 0 Å². The van der Waals surface area contributed by atoms with Crippen molar-refractivity contribution in [1.29, 1.82) is 0 Å². The van der Waals surface area contributed by atoms with Crippen molar-refractivity contribution in [2.45, 2.75) is 0 Å². The highest BCUT2D eigenvalue weighted by molar-refractivity contribution is 5.75. The van der Waals surface area contributed by atoms with E-state index in [2.05, 4.69) is 10.6 Å². The molecular formula is C7H12N2O3. The first-order valence-corrected chi connectivity index (χ1v) is 3.40. The number of carbonyl (C=O) groups is 1. The van der Waals surface area contributed by atoms with Crippen LogP contribution in [0.4, 0.5) is 4.79 Å². The lowest BCUT2D eigenvalue weighted by Crippen LogP contribution is -2.27. The van der Waals surface area contributed by atoms with Gasteiger partial charge in [-0.3, -0.25) is 0 Å². The lowest BCUT2D eigenvalue weighted by atomic mass is 10.6. The zero-order chi connectivity index (χ0) is 9.23. The SMILES string of the molecule is O=C(N/C=C/CO)N/C=C/CO. The van der Waals surface area contributed by atoms with Gasteiger partial charge in [-0.25, -0.2) is 4.79 Å². The summed E-state index contributed by atoms with van der Waals surface area (Å²) in [5.74, 6) is 0. The average Bonchev–Trinajstić information content (AvgIpc) is 2.06. The van der Waals surface area contributed by atoms with Crippen molar-refractivity contribution in [3.05, 3.63) is 24.6 Å². The van der Waals surface area contributed by atoms with Crippen molar-refractivity contribution in [1.82, 2.24) is 10.6 Å². The van der Waals surface area contributed by atoms with Crippen LogP contribution in [0.5, 0.6) is 0 Å². The number of aliphatic hydroxyl groups excluding tert-OH is 2. The number of aliphatic hydroxyl groups is 2. The van der Waals surface area contributed by atoms with Crippen LogP contribution in [0.2, 0.25) is 0 Å². The number of urea groups is 1. The third-order valence-corrected chi connectivity index (χ3v) is 0.875. The quantitative estimate of drug-likeness (QED) is 0.452. The molecule has 0 atom stereocenters. The fourth-order valence-electron chi connectivity index (χ4n) is 0.416.